The minimum atomic E-state index is -0.822. The van der Waals surface area contributed by atoms with E-state index in [2.05, 4.69) is 0 Å². The SMILES string of the molecule is CC1(C(=O)O)CCN(C(=O)C2CCCCO2)C1. The molecule has 0 saturated carbocycles. The standard InChI is InChI=1S/C12H19NO4/c1-12(11(15)16)5-6-13(8-12)10(14)9-4-2-3-7-17-9/h9H,2-8H2,1H3,(H,15,16). The third kappa shape index (κ3) is 2.44. The van der Waals surface area contributed by atoms with Gasteiger partial charge in [-0.05, 0) is 32.6 Å². The number of carbonyl (C=O) groups is 2. The van der Waals surface area contributed by atoms with Crippen molar-refractivity contribution in [2.75, 3.05) is 19.7 Å². The van der Waals surface area contributed by atoms with Crippen LogP contribution in [0.1, 0.15) is 32.6 Å². The van der Waals surface area contributed by atoms with Gasteiger partial charge in [-0.25, -0.2) is 0 Å². The fraction of sp³-hybridized carbons (Fsp3) is 0.833. The normalized spacial score (nSPS) is 33.7. The Morgan fingerprint density at radius 2 is 2.18 bits per heavy atom. The fourth-order valence-corrected chi connectivity index (χ4v) is 2.46. The van der Waals surface area contributed by atoms with Gasteiger partial charge in [0.1, 0.15) is 6.10 Å². The molecule has 0 spiro atoms. The highest BCUT2D eigenvalue weighted by Gasteiger charge is 2.43. The number of aliphatic carboxylic acids is 1. The van der Waals surface area contributed by atoms with E-state index in [0.29, 0.717) is 26.1 Å². The van der Waals surface area contributed by atoms with Crippen LogP contribution in [0.2, 0.25) is 0 Å². The van der Waals surface area contributed by atoms with Crippen molar-refractivity contribution in [3.63, 3.8) is 0 Å². The molecular weight excluding hydrogens is 222 g/mol. The van der Waals surface area contributed by atoms with Gasteiger partial charge in [0.2, 0.25) is 0 Å². The summed E-state index contributed by atoms with van der Waals surface area (Å²) >= 11 is 0. The number of carboxylic acids is 1. The number of nitrogens with zero attached hydrogens (tertiary/aromatic N) is 1. The Balaban J connectivity index is 1.95. The summed E-state index contributed by atoms with van der Waals surface area (Å²) in [6.45, 7) is 3.17. The molecule has 2 aliphatic heterocycles. The minimum Gasteiger partial charge on any atom is -0.481 e. The summed E-state index contributed by atoms with van der Waals surface area (Å²) < 4.78 is 5.44. The van der Waals surface area contributed by atoms with E-state index in [1.807, 2.05) is 0 Å². The summed E-state index contributed by atoms with van der Waals surface area (Å²) in [7, 11) is 0. The second-order valence-corrected chi connectivity index (χ2v) is 5.23. The number of carbonyl (C=O) groups excluding carboxylic acids is 1. The first-order chi connectivity index (χ1) is 8.03. The number of likely N-dealkylation sites (tertiary alicyclic amines) is 1. The maximum Gasteiger partial charge on any atom is 0.311 e. The van der Waals surface area contributed by atoms with Crippen molar-refractivity contribution < 1.29 is 19.4 Å². The second kappa shape index (κ2) is 4.64. The summed E-state index contributed by atoms with van der Waals surface area (Å²) in [5.41, 5.74) is -0.787. The number of amides is 1. The van der Waals surface area contributed by atoms with Crippen LogP contribution in [0.4, 0.5) is 0 Å². The number of rotatable bonds is 2. The van der Waals surface area contributed by atoms with Gasteiger partial charge in [-0.1, -0.05) is 0 Å². The molecule has 96 valence electrons. The van der Waals surface area contributed by atoms with E-state index in [-0.39, 0.29) is 12.0 Å². The lowest BCUT2D eigenvalue weighted by molar-refractivity contribution is -0.149. The van der Waals surface area contributed by atoms with Gasteiger partial charge in [0, 0.05) is 19.7 Å². The lowest BCUT2D eigenvalue weighted by atomic mass is 9.90. The molecular formula is C12H19NO4. The molecule has 1 N–H and O–H groups in total. The van der Waals surface area contributed by atoms with Crippen LogP contribution in [0.3, 0.4) is 0 Å². The smallest absolute Gasteiger partial charge is 0.311 e. The number of hydrogen-bond donors (Lipinski definition) is 1. The number of ether oxygens (including phenoxy) is 1. The zero-order valence-corrected chi connectivity index (χ0v) is 10.1. The van der Waals surface area contributed by atoms with Crippen LogP contribution < -0.4 is 0 Å². The van der Waals surface area contributed by atoms with E-state index in [1.54, 1.807) is 11.8 Å². The maximum absolute atomic E-state index is 12.1. The highest BCUT2D eigenvalue weighted by molar-refractivity contribution is 5.83. The van der Waals surface area contributed by atoms with Crippen LogP contribution in [0, 0.1) is 5.41 Å². The lowest BCUT2D eigenvalue weighted by Crippen LogP contribution is -2.42. The number of hydrogen-bond acceptors (Lipinski definition) is 3. The molecule has 2 rings (SSSR count). The fourth-order valence-electron chi connectivity index (χ4n) is 2.46. The van der Waals surface area contributed by atoms with Crippen LogP contribution >= 0.6 is 0 Å². The highest BCUT2D eigenvalue weighted by Crippen LogP contribution is 2.31. The predicted octanol–water partition coefficient (Wildman–Crippen LogP) is 0.879. The molecule has 2 atom stereocenters. The van der Waals surface area contributed by atoms with Gasteiger partial charge in [0.15, 0.2) is 0 Å². The monoisotopic (exact) mass is 241 g/mol. The van der Waals surface area contributed by atoms with Crippen LogP contribution in [0.25, 0.3) is 0 Å². The quantitative estimate of drug-likeness (QED) is 0.779. The summed E-state index contributed by atoms with van der Waals surface area (Å²) in [6, 6.07) is 0. The molecule has 0 aromatic heterocycles. The zero-order valence-electron chi connectivity index (χ0n) is 10.1. The highest BCUT2D eigenvalue weighted by atomic mass is 16.5. The average molecular weight is 241 g/mol. The molecule has 17 heavy (non-hydrogen) atoms. The molecule has 0 aliphatic carbocycles. The Hall–Kier alpha value is -1.10. The van der Waals surface area contributed by atoms with E-state index in [1.165, 1.54) is 0 Å². The largest absolute Gasteiger partial charge is 0.481 e. The third-order valence-corrected chi connectivity index (χ3v) is 3.76. The summed E-state index contributed by atoms with van der Waals surface area (Å²) in [6.07, 6.45) is 2.97. The van der Waals surface area contributed by atoms with E-state index >= 15 is 0 Å². The van der Waals surface area contributed by atoms with Crippen molar-refractivity contribution in [1.82, 2.24) is 4.90 Å². The Labute approximate surface area is 101 Å². The summed E-state index contributed by atoms with van der Waals surface area (Å²) in [4.78, 5) is 24.9. The first-order valence-corrected chi connectivity index (χ1v) is 6.17. The Morgan fingerprint density at radius 1 is 1.41 bits per heavy atom. The van der Waals surface area contributed by atoms with E-state index < -0.39 is 11.4 Å². The Bertz CT molecular complexity index is 324. The zero-order chi connectivity index (χ0) is 12.5. The van der Waals surface area contributed by atoms with Gasteiger partial charge in [-0.3, -0.25) is 9.59 Å². The predicted molar refractivity (Wildman–Crippen MR) is 60.5 cm³/mol. The first-order valence-electron chi connectivity index (χ1n) is 6.17. The topological polar surface area (TPSA) is 66.8 Å². The minimum absolute atomic E-state index is 0.0327. The molecule has 2 heterocycles. The molecule has 5 heteroatoms. The van der Waals surface area contributed by atoms with Crippen molar-refractivity contribution in [1.29, 1.82) is 0 Å². The molecule has 2 saturated heterocycles. The van der Waals surface area contributed by atoms with Crippen LogP contribution in [-0.2, 0) is 14.3 Å². The molecule has 5 nitrogen and oxygen atoms in total. The molecule has 0 aromatic carbocycles. The molecule has 2 aliphatic rings. The van der Waals surface area contributed by atoms with Crippen LogP contribution in [-0.4, -0.2) is 47.7 Å². The van der Waals surface area contributed by atoms with Gasteiger partial charge in [0.05, 0.1) is 5.41 Å². The van der Waals surface area contributed by atoms with Gasteiger partial charge in [-0.2, -0.15) is 0 Å². The molecule has 0 aromatic rings. The van der Waals surface area contributed by atoms with Gasteiger partial charge >= 0.3 is 5.97 Å². The molecule has 2 fully saturated rings. The molecule has 2 unspecified atom stereocenters. The third-order valence-electron chi connectivity index (χ3n) is 3.76. The summed E-state index contributed by atoms with van der Waals surface area (Å²) in [5, 5.41) is 9.11. The molecule has 1 amide bonds. The first kappa shape index (κ1) is 12.4. The van der Waals surface area contributed by atoms with Crippen molar-refractivity contribution in [3.8, 4) is 0 Å². The van der Waals surface area contributed by atoms with Crippen LogP contribution in [0.5, 0.6) is 0 Å². The Morgan fingerprint density at radius 3 is 2.71 bits per heavy atom. The second-order valence-electron chi connectivity index (χ2n) is 5.23. The van der Waals surface area contributed by atoms with Gasteiger partial charge in [0.25, 0.3) is 5.91 Å². The lowest BCUT2D eigenvalue weighted by Gasteiger charge is -2.27. The van der Waals surface area contributed by atoms with Crippen molar-refractivity contribution in [2.24, 2.45) is 5.41 Å². The number of carboxylic acid groups (broad SMARTS) is 1. The van der Waals surface area contributed by atoms with Crippen molar-refractivity contribution in [2.45, 2.75) is 38.7 Å². The molecule has 0 bridgehead atoms. The van der Waals surface area contributed by atoms with Crippen molar-refractivity contribution >= 4 is 11.9 Å². The van der Waals surface area contributed by atoms with Gasteiger partial charge in [-0.15, -0.1) is 0 Å². The summed E-state index contributed by atoms with van der Waals surface area (Å²) in [5.74, 6) is -0.855. The molecule has 0 radical (unpaired) electrons. The van der Waals surface area contributed by atoms with E-state index in [4.69, 9.17) is 9.84 Å². The van der Waals surface area contributed by atoms with E-state index in [9.17, 15) is 9.59 Å². The van der Waals surface area contributed by atoms with Crippen LogP contribution in [0.15, 0.2) is 0 Å². The Kier molecular flexibility index (Phi) is 3.38. The van der Waals surface area contributed by atoms with Gasteiger partial charge < -0.3 is 14.7 Å². The van der Waals surface area contributed by atoms with E-state index in [0.717, 1.165) is 19.3 Å². The average Bonchev–Trinajstić information content (AvgIpc) is 2.74. The maximum atomic E-state index is 12.1. The van der Waals surface area contributed by atoms with Crippen molar-refractivity contribution in [3.05, 3.63) is 0 Å².